The molecule has 616 valence electrons. The minimum Gasteiger partial charge on any atom is -0.554 e. The molecule has 0 spiro atoms. The first-order valence-electron chi connectivity index (χ1n) is 39.8. The molecule has 18 heteroatoms. The summed E-state index contributed by atoms with van der Waals surface area (Å²) in [6.07, 6.45) is 35.4. The Balaban J connectivity index is -0.000000384. The first-order chi connectivity index (χ1) is 52.5. The maximum Gasteiger partial charge on any atom is 0.144 e. The van der Waals surface area contributed by atoms with Gasteiger partial charge in [-0.2, -0.15) is 0 Å². The number of carbonyl (C=O) groups is 6. The lowest BCUT2D eigenvalue weighted by molar-refractivity contribution is -0.284. The van der Waals surface area contributed by atoms with E-state index in [0.29, 0.717) is 0 Å². The molecule has 7 aromatic rings. The fraction of sp³-hybridized carbons (Fsp3) is 0.478. The van der Waals surface area contributed by atoms with Gasteiger partial charge in [-0.15, -0.1) is 0 Å². The van der Waals surface area contributed by atoms with Crippen molar-refractivity contribution >= 4 is 102 Å². The van der Waals surface area contributed by atoms with E-state index >= 15 is 0 Å². The maximum absolute atomic E-state index is 10.1. The summed E-state index contributed by atoms with van der Waals surface area (Å²) in [6, 6.07) is 68.0. The molecule has 0 amide bonds. The molecule has 0 radical (unpaired) electrons. The van der Waals surface area contributed by atoms with Gasteiger partial charge < -0.3 is 59.4 Å². The summed E-state index contributed by atoms with van der Waals surface area (Å²) in [6.45, 7) is 45.4. The Kier molecular flexibility index (Phi) is 73.6. The molecule has 0 unspecified atom stereocenters. The normalized spacial score (nSPS) is 10.4. The van der Waals surface area contributed by atoms with E-state index in [2.05, 4.69) is 259 Å². The summed E-state index contributed by atoms with van der Waals surface area (Å²) in [4.78, 5) is 55.0. The summed E-state index contributed by atoms with van der Waals surface area (Å²) in [7, 11) is -4.13. The van der Waals surface area contributed by atoms with Gasteiger partial charge in [0.1, 0.15) is 28.5 Å². The van der Waals surface area contributed by atoms with Gasteiger partial charge in [0.15, 0.2) is 0 Å². The summed E-state index contributed by atoms with van der Waals surface area (Å²) >= 11 is 0. The van der Waals surface area contributed by atoms with Crippen LogP contribution in [0, 0.1) is 0 Å². The molecule has 7 rings (SSSR count). The SMILES string of the molecule is CCC[P+](CCC)(CCC)CCC.CCC[P+](CCC)(CCC)CCC.CC[P+](CC)(CC)CC.CC[P+](CC)(CC)CC.C[P+](C)(C)C.O=C([O-])c1ccccc1.O=C([O-])c1ccccc1.O=C([O-])c1ccccc1.O=C[O-].O=C[O-].O=C[O-].c1ccc([P+](c2ccccc2)(c2ccccc2)c2ccccc2)cc1. The summed E-state index contributed by atoms with van der Waals surface area (Å²) in [5, 5.41) is 60.6. The van der Waals surface area contributed by atoms with Crippen LogP contribution in [0.25, 0.3) is 0 Å². The largest absolute Gasteiger partial charge is 0.554 e. The van der Waals surface area contributed by atoms with Crippen LogP contribution in [0.5, 0.6) is 0 Å². The van der Waals surface area contributed by atoms with Crippen molar-refractivity contribution in [3.05, 3.63) is 229 Å². The highest BCUT2D eigenvalue weighted by Crippen LogP contribution is 2.62. The Morgan fingerprint density at radius 2 is 0.364 bits per heavy atom. The van der Waals surface area contributed by atoms with Crippen LogP contribution in [0.15, 0.2) is 212 Å². The third-order valence-electron chi connectivity index (χ3n) is 18.6. The third-order valence-corrected chi connectivity index (χ3v) is 44.7. The highest BCUT2D eigenvalue weighted by atomic mass is 31.2. The quantitative estimate of drug-likeness (QED) is 0.0291. The molecule has 0 N–H and O–H groups in total. The molecule has 0 bridgehead atoms. The Hall–Kier alpha value is -6.06. The van der Waals surface area contributed by atoms with Crippen molar-refractivity contribution < 1.29 is 59.4 Å². The predicted molar refractivity (Wildman–Crippen MR) is 486 cm³/mol. The first kappa shape index (κ1) is 113. The summed E-state index contributed by atoms with van der Waals surface area (Å²) in [5.74, 6) is -3.39. The lowest BCUT2D eigenvalue weighted by Crippen LogP contribution is -2.38. The van der Waals surface area contributed by atoms with Crippen molar-refractivity contribution in [3.8, 4) is 0 Å². The molecular formula is C92H146O12P6. The average molecular weight is 1630 g/mol. The van der Waals surface area contributed by atoms with Crippen molar-refractivity contribution in [2.75, 3.05) is 125 Å². The smallest absolute Gasteiger partial charge is 0.144 e. The Morgan fingerprint density at radius 1 is 0.245 bits per heavy atom. The highest BCUT2D eigenvalue weighted by Gasteiger charge is 2.47. The molecule has 0 aliphatic carbocycles. The van der Waals surface area contributed by atoms with Crippen LogP contribution in [0.3, 0.4) is 0 Å². The van der Waals surface area contributed by atoms with Crippen molar-refractivity contribution in [1.82, 2.24) is 0 Å². The molecule has 110 heavy (non-hydrogen) atoms. The number of carboxylic acid groups (broad SMARTS) is 6. The topological polar surface area (TPSA) is 241 Å². The molecule has 7 aromatic carbocycles. The van der Waals surface area contributed by atoms with Gasteiger partial charge in [0.2, 0.25) is 0 Å². The van der Waals surface area contributed by atoms with Crippen LogP contribution in [0.1, 0.15) is 193 Å². The average Bonchev–Trinajstić information content (AvgIpc) is 0.739. The lowest BCUT2D eigenvalue weighted by atomic mass is 10.2. The van der Waals surface area contributed by atoms with Crippen LogP contribution in [-0.4, -0.2) is 163 Å². The van der Waals surface area contributed by atoms with Crippen LogP contribution in [0.4, 0.5) is 0 Å². The van der Waals surface area contributed by atoms with Gasteiger partial charge in [0.25, 0.3) is 0 Å². The standard InChI is InChI=1S/C24H20P.2C12H28P.2C8H20P.3C7H6O2.C4H12P.3CH2O2/c1-5-13-21(14-6-1)25(22-15-7-2-8-16-22,23-17-9-3-10-18-23)24-19-11-4-12-20-24;2*1-5-9-13(10-6-2,11-7-3)12-8-4;2*1-5-9(6-2,7-3)8-4;3*8-7(9)6-4-2-1-3-5-6;1-5(2,3)4;3*2-1-3/h1-20H;2*5-12H2,1-4H3;2*5-8H2,1-4H3;3*1-5H,(H,8,9);1-4H3;3*1H,(H,2,3)/q5*+1;;;;+1;;;/p-6. The van der Waals surface area contributed by atoms with E-state index in [1.165, 1.54) is 158 Å². The summed E-state index contributed by atoms with van der Waals surface area (Å²) in [5.41, 5.74) is 0.660. The fourth-order valence-electron chi connectivity index (χ4n) is 13.0. The molecule has 0 aliphatic heterocycles. The van der Waals surface area contributed by atoms with E-state index in [1.807, 2.05) is 0 Å². The number of hydrogen-bond acceptors (Lipinski definition) is 12. The molecule has 0 aliphatic rings. The van der Waals surface area contributed by atoms with Crippen LogP contribution < -0.4 is 51.9 Å². The number of hydrogen-bond donors (Lipinski definition) is 0. The fourth-order valence-corrected chi connectivity index (χ4v) is 32.9. The van der Waals surface area contributed by atoms with Crippen molar-refractivity contribution in [1.29, 1.82) is 0 Å². The van der Waals surface area contributed by atoms with Gasteiger partial charge in [-0.05, 0) is 172 Å². The van der Waals surface area contributed by atoms with E-state index in [-0.39, 0.29) is 24.0 Å². The van der Waals surface area contributed by atoms with Gasteiger partial charge >= 0.3 is 0 Å². The van der Waals surface area contributed by atoms with E-state index < -0.39 is 73.6 Å². The second-order valence-electron chi connectivity index (χ2n) is 27.6. The molecule has 0 fully saturated rings. The molecular weight excluding hydrogens is 1480 g/mol. The van der Waals surface area contributed by atoms with Gasteiger partial charge in [-0.25, -0.2) is 0 Å². The van der Waals surface area contributed by atoms with E-state index in [1.54, 1.807) is 104 Å². The summed E-state index contributed by atoms with van der Waals surface area (Å²) < 4.78 is 0. The molecule has 0 saturated carbocycles. The highest BCUT2D eigenvalue weighted by molar-refractivity contribution is 8.01. The number of carbonyl (C=O) groups excluding carboxylic acids is 6. The second-order valence-corrected chi connectivity index (χ2v) is 55.8. The minimum absolute atomic E-state index is 0.220. The third kappa shape index (κ3) is 51.6. The van der Waals surface area contributed by atoms with Crippen molar-refractivity contribution in [2.45, 2.75) is 162 Å². The molecule has 0 atom stereocenters. The molecule has 0 aromatic heterocycles. The Labute approximate surface area is 673 Å². The van der Waals surface area contributed by atoms with Gasteiger partial charge in [0.05, 0.1) is 116 Å². The zero-order chi connectivity index (χ0) is 84.6. The first-order valence-corrected chi connectivity index (χ1v) is 55.3. The zero-order valence-corrected chi connectivity index (χ0v) is 76.9. The number of carboxylic acids is 3. The molecule has 12 nitrogen and oxygen atoms in total. The van der Waals surface area contributed by atoms with Crippen LogP contribution in [0.2, 0.25) is 0 Å². The Morgan fingerprint density at radius 3 is 0.445 bits per heavy atom. The van der Waals surface area contributed by atoms with Crippen LogP contribution in [-0.2, 0) is 14.4 Å². The van der Waals surface area contributed by atoms with E-state index in [0.717, 1.165) is 0 Å². The molecule has 0 saturated heterocycles. The van der Waals surface area contributed by atoms with Gasteiger partial charge in [0, 0.05) is 82.4 Å². The van der Waals surface area contributed by atoms with Crippen molar-refractivity contribution in [2.24, 2.45) is 0 Å². The number of aromatic carboxylic acids is 3. The lowest BCUT2D eigenvalue weighted by Gasteiger charge is -2.27. The Bertz CT molecular complexity index is 2790. The monoisotopic (exact) mass is 1630 g/mol. The van der Waals surface area contributed by atoms with Crippen molar-refractivity contribution in [3.63, 3.8) is 0 Å². The van der Waals surface area contributed by atoms with E-state index in [9.17, 15) is 29.7 Å². The number of benzene rings is 7. The van der Waals surface area contributed by atoms with Crippen LogP contribution >= 0.6 is 43.6 Å². The number of rotatable bonds is 31. The zero-order valence-electron chi connectivity index (χ0n) is 71.5. The predicted octanol–water partition coefficient (Wildman–Crippen LogP) is 16.5. The molecule has 0 heterocycles. The maximum atomic E-state index is 10.1. The van der Waals surface area contributed by atoms with Gasteiger partial charge in [-0.1, -0.05) is 219 Å². The second kappa shape index (κ2) is 71.9. The van der Waals surface area contributed by atoms with Gasteiger partial charge in [-0.3, -0.25) is 0 Å². The van der Waals surface area contributed by atoms with E-state index in [4.69, 9.17) is 29.7 Å². The minimum atomic E-state index is -1.91.